The van der Waals surface area contributed by atoms with Crippen molar-refractivity contribution < 1.29 is 9.59 Å². The summed E-state index contributed by atoms with van der Waals surface area (Å²) in [4.78, 5) is 35.6. The molecule has 0 radical (unpaired) electrons. The van der Waals surface area contributed by atoms with Gasteiger partial charge in [-0.25, -0.2) is 0 Å². The van der Waals surface area contributed by atoms with Gasteiger partial charge >= 0.3 is 0 Å². The Morgan fingerprint density at radius 3 is 1.56 bits per heavy atom. The summed E-state index contributed by atoms with van der Waals surface area (Å²) >= 11 is 9.55. The smallest absolute Gasteiger partial charge is 0.259 e. The molecule has 2 aromatic rings. The van der Waals surface area contributed by atoms with Crippen LogP contribution in [0, 0.1) is 0 Å². The summed E-state index contributed by atoms with van der Waals surface area (Å²) in [6.07, 6.45) is 7.50. The molecule has 0 spiro atoms. The minimum Gasteiger partial charge on any atom is -0.346 e. The van der Waals surface area contributed by atoms with E-state index in [0.29, 0.717) is 22.9 Å². The van der Waals surface area contributed by atoms with Gasteiger partial charge in [-0.05, 0) is 36.8 Å². The molecular formula is C22H20N4O2S6. The van der Waals surface area contributed by atoms with Gasteiger partial charge in [0.15, 0.2) is 0 Å². The van der Waals surface area contributed by atoms with Gasteiger partial charge in [0, 0.05) is 12.4 Å². The Bertz CT molecular complexity index is 1080. The largest absolute Gasteiger partial charge is 0.346 e. The van der Waals surface area contributed by atoms with E-state index in [0.717, 1.165) is 19.9 Å². The fourth-order valence-electron chi connectivity index (χ4n) is 2.79. The van der Waals surface area contributed by atoms with E-state index in [-0.39, 0.29) is 11.8 Å². The number of amides is 2. The van der Waals surface area contributed by atoms with Gasteiger partial charge in [-0.2, -0.15) is 0 Å². The number of nitrogens with zero attached hydrogens (tertiary/aromatic N) is 2. The Kier molecular flexibility index (Phi) is 9.43. The van der Waals surface area contributed by atoms with Gasteiger partial charge in [-0.1, -0.05) is 59.2 Å². The number of aromatic nitrogens is 2. The fourth-order valence-corrected chi connectivity index (χ4v) is 10.6. The van der Waals surface area contributed by atoms with Gasteiger partial charge in [-0.3, -0.25) is 19.6 Å². The van der Waals surface area contributed by atoms with Gasteiger partial charge < -0.3 is 10.6 Å². The van der Waals surface area contributed by atoms with E-state index in [1.807, 2.05) is 36.4 Å². The molecule has 0 bridgehead atoms. The second-order valence-electron chi connectivity index (χ2n) is 6.63. The monoisotopic (exact) mass is 564 g/mol. The number of hydrogen-bond acceptors (Lipinski definition) is 10. The second kappa shape index (κ2) is 12.5. The number of carbonyl (C=O) groups excluding carboxylic acids is 2. The first-order valence-corrected chi connectivity index (χ1v) is 15.7. The number of nitrogens with one attached hydrogen (secondary N) is 2. The number of rotatable bonds is 8. The molecule has 176 valence electrons. The minimum absolute atomic E-state index is 0.280. The minimum atomic E-state index is -0.280. The van der Waals surface area contributed by atoms with Crippen LogP contribution < -0.4 is 10.6 Å². The molecule has 34 heavy (non-hydrogen) atoms. The van der Waals surface area contributed by atoms with Crippen molar-refractivity contribution in [2.24, 2.45) is 0 Å². The zero-order valence-corrected chi connectivity index (χ0v) is 23.1. The SMILES string of the molecule is CSC1=C(SC)SC(=C2SC(C(=O)NCc3ccccn3)=C(C(=O)NCc3ccccn3)S2)S1. The van der Waals surface area contributed by atoms with Crippen LogP contribution in [0.25, 0.3) is 0 Å². The molecule has 2 aliphatic heterocycles. The van der Waals surface area contributed by atoms with Crippen molar-refractivity contribution in [1.29, 1.82) is 0 Å². The highest BCUT2D eigenvalue weighted by Gasteiger charge is 2.35. The van der Waals surface area contributed by atoms with Gasteiger partial charge in [0.1, 0.15) is 0 Å². The van der Waals surface area contributed by atoms with Gasteiger partial charge in [0.05, 0.1) is 51.2 Å². The van der Waals surface area contributed by atoms with E-state index in [1.54, 1.807) is 59.4 Å². The summed E-state index contributed by atoms with van der Waals surface area (Å²) in [6.45, 7) is 0.586. The van der Waals surface area contributed by atoms with Crippen LogP contribution in [0.1, 0.15) is 11.4 Å². The normalized spacial score (nSPS) is 15.8. The quantitative estimate of drug-likeness (QED) is 0.425. The van der Waals surface area contributed by atoms with Crippen molar-refractivity contribution in [3.8, 4) is 0 Å². The molecular weight excluding hydrogens is 545 g/mol. The van der Waals surface area contributed by atoms with Crippen molar-refractivity contribution in [2.45, 2.75) is 13.1 Å². The Morgan fingerprint density at radius 1 is 0.735 bits per heavy atom. The first-order valence-electron chi connectivity index (χ1n) is 9.97. The third-order valence-electron chi connectivity index (χ3n) is 4.40. The average Bonchev–Trinajstić information content (AvgIpc) is 3.51. The second-order valence-corrected chi connectivity index (χ2v) is 13.4. The molecule has 4 rings (SSSR count). The molecule has 2 amide bonds. The maximum Gasteiger partial charge on any atom is 0.259 e. The topological polar surface area (TPSA) is 84.0 Å². The zero-order valence-electron chi connectivity index (χ0n) is 18.2. The van der Waals surface area contributed by atoms with Crippen LogP contribution in [0.2, 0.25) is 0 Å². The number of carbonyl (C=O) groups is 2. The maximum atomic E-state index is 13.1. The summed E-state index contributed by atoms with van der Waals surface area (Å²) in [5, 5.41) is 5.82. The van der Waals surface area contributed by atoms with Crippen molar-refractivity contribution in [2.75, 3.05) is 12.5 Å². The molecule has 0 unspecified atom stereocenters. The molecule has 4 heterocycles. The first kappa shape index (κ1) is 25.6. The molecule has 2 N–H and O–H groups in total. The van der Waals surface area contributed by atoms with E-state index in [4.69, 9.17) is 0 Å². The lowest BCUT2D eigenvalue weighted by Crippen LogP contribution is -2.28. The number of hydrogen-bond donors (Lipinski definition) is 2. The van der Waals surface area contributed by atoms with Crippen LogP contribution in [-0.2, 0) is 22.7 Å². The van der Waals surface area contributed by atoms with Crippen molar-refractivity contribution in [3.05, 3.63) is 86.9 Å². The van der Waals surface area contributed by atoms with Crippen LogP contribution in [0.3, 0.4) is 0 Å². The molecule has 2 aromatic heterocycles. The van der Waals surface area contributed by atoms with Crippen LogP contribution >= 0.6 is 70.6 Å². The molecule has 0 aliphatic carbocycles. The van der Waals surface area contributed by atoms with Gasteiger partial charge in [0.25, 0.3) is 11.8 Å². The van der Waals surface area contributed by atoms with Crippen LogP contribution in [0.5, 0.6) is 0 Å². The van der Waals surface area contributed by atoms with E-state index < -0.39 is 0 Å². The fraction of sp³-hybridized carbons (Fsp3) is 0.182. The predicted octanol–water partition coefficient (Wildman–Crippen LogP) is 5.56. The zero-order chi connectivity index (χ0) is 23.9. The summed E-state index contributed by atoms with van der Waals surface area (Å²) in [5.41, 5.74) is 1.51. The lowest BCUT2D eigenvalue weighted by Gasteiger charge is -2.08. The summed E-state index contributed by atoms with van der Waals surface area (Å²) in [7, 11) is 0. The first-order chi connectivity index (χ1) is 16.6. The van der Waals surface area contributed by atoms with Crippen molar-refractivity contribution in [3.63, 3.8) is 0 Å². The highest BCUT2D eigenvalue weighted by atomic mass is 32.3. The van der Waals surface area contributed by atoms with Crippen molar-refractivity contribution >= 4 is 82.4 Å². The summed E-state index contributed by atoms with van der Waals surface area (Å²) < 4.78 is 4.55. The lowest BCUT2D eigenvalue weighted by molar-refractivity contribution is -0.119. The number of pyridine rings is 2. The Hall–Kier alpha value is -1.44. The van der Waals surface area contributed by atoms with E-state index >= 15 is 0 Å². The highest BCUT2D eigenvalue weighted by molar-refractivity contribution is 8.42. The molecule has 0 fully saturated rings. The highest BCUT2D eigenvalue weighted by Crippen LogP contribution is 2.63. The molecule has 0 atom stereocenters. The molecule has 12 heteroatoms. The lowest BCUT2D eigenvalue weighted by atomic mass is 10.3. The molecule has 0 saturated heterocycles. The van der Waals surface area contributed by atoms with Gasteiger partial charge in [0.2, 0.25) is 0 Å². The molecule has 2 aliphatic rings. The maximum absolute atomic E-state index is 13.1. The van der Waals surface area contributed by atoms with E-state index in [2.05, 4.69) is 33.1 Å². The number of thioether (sulfide) groups is 6. The standard InChI is InChI=1S/C22H20N4O2S6/c1-29-19-20(30-2)34-22(33-19)21-31-15(17(27)25-11-13-7-3-5-9-23-13)16(32-21)18(28)26-12-14-8-4-6-10-24-14/h3-10H,11-12H2,1-2H3,(H,25,27)(H,26,28). The van der Waals surface area contributed by atoms with Crippen LogP contribution in [0.4, 0.5) is 0 Å². The summed E-state index contributed by atoms with van der Waals surface area (Å²) in [5.74, 6) is -0.559. The molecule has 6 nitrogen and oxygen atoms in total. The Labute approximate surface area is 223 Å². The Morgan fingerprint density at radius 2 is 1.18 bits per heavy atom. The van der Waals surface area contributed by atoms with E-state index in [1.165, 1.54) is 32.0 Å². The molecule has 0 aromatic carbocycles. The third kappa shape index (κ3) is 6.41. The predicted molar refractivity (Wildman–Crippen MR) is 151 cm³/mol. The average molecular weight is 565 g/mol. The van der Waals surface area contributed by atoms with E-state index in [9.17, 15) is 9.59 Å². The van der Waals surface area contributed by atoms with Crippen molar-refractivity contribution in [1.82, 2.24) is 20.6 Å². The third-order valence-corrected chi connectivity index (χ3v) is 12.7. The Balaban J connectivity index is 1.52. The van der Waals surface area contributed by atoms with Gasteiger partial charge in [-0.15, -0.1) is 23.5 Å². The van der Waals surface area contributed by atoms with Crippen LogP contribution in [-0.4, -0.2) is 34.3 Å². The summed E-state index contributed by atoms with van der Waals surface area (Å²) in [6, 6.07) is 11.1. The molecule has 0 saturated carbocycles. The van der Waals surface area contributed by atoms with Crippen LogP contribution in [0.15, 0.2) is 75.6 Å².